The Morgan fingerprint density at radius 3 is 1.95 bits per heavy atom. The van der Waals surface area contributed by atoms with Gasteiger partial charge in [0.2, 0.25) is 0 Å². The number of ether oxygens (including phenoxy) is 3. The Morgan fingerprint density at radius 2 is 1.41 bits per heavy atom. The minimum Gasteiger partial charge on any atom is -0.497 e. The summed E-state index contributed by atoms with van der Waals surface area (Å²) >= 11 is 0. The van der Waals surface area contributed by atoms with E-state index < -0.39 is 15.9 Å². The second-order valence-electron chi connectivity index (χ2n) is 8.25. The molecule has 1 heterocycles. The van der Waals surface area contributed by atoms with Crippen LogP contribution < -0.4 is 19.5 Å². The van der Waals surface area contributed by atoms with Crippen molar-refractivity contribution in [1.29, 1.82) is 0 Å². The number of nitrogens with zero attached hydrogens (tertiary/aromatic N) is 1. The molecule has 3 aromatic carbocycles. The molecule has 0 spiro atoms. The van der Waals surface area contributed by atoms with Crippen LogP contribution in [0.1, 0.15) is 28.4 Å². The molecule has 4 rings (SSSR count). The SMILES string of the molecule is COc1ccc(C2=C(C)C(=O)N(Cc3ccc(C(=O)Nc4cc(OC)cc(OC)c4)cc3)S2(=O)=O)cc1. The van der Waals surface area contributed by atoms with Crippen LogP contribution in [0.3, 0.4) is 0 Å². The number of anilines is 1. The van der Waals surface area contributed by atoms with Crippen LogP contribution in [-0.4, -0.2) is 45.9 Å². The average Bonchev–Trinajstić information content (AvgIpc) is 3.07. The molecule has 0 unspecified atom stereocenters. The standard InChI is InChI=1S/C27H26N2O7S/c1-17-25(19-9-11-22(34-2)12-10-19)37(32,33)29(27(17)31)16-18-5-7-20(8-6-18)26(30)28-21-13-23(35-3)15-24(14-21)36-4/h5-15H,16H2,1-4H3,(H,28,30). The third-order valence-electron chi connectivity index (χ3n) is 5.94. The summed E-state index contributed by atoms with van der Waals surface area (Å²) in [7, 11) is 0.488. The summed E-state index contributed by atoms with van der Waals surface area (Å²) in [4.78, 5) is 25.6. The Kier molecular flexibility index (Phi) is 7.21. The van der Waals surface area contributed by atoms with Crippen LogP contribution in [-0.2, 0) is 21.4 Å². The predicted molar refractivity (Wildman–Crippen MR) is 139 cm³/mol. The largest absolute Gasteiger partial charge is 0.497 e. The Morgan fingerprint density at radius 1 is 0.838 bits per heavy atom. The maximum atomic E-state index is 13.3. The average molecular weight is 523 g/mol. The predicted octanol–water partition coefficient (Wildman–Crippen LogP) is 4.07. The molecule has 192 valence electrons. The third-order valence-corrected chi connectivity index (χ3v) is 7.87. The first-order valence-electron chi connectivity index (χ1n) is 11.2. The third kappa shape index (κ3) is 5.14. The molecule has 1 aliphatic heterocycles. The Bertz CT molecular complexity index is 1460. The van der Waals surface area contributed by atoms with Gasteiger partial charge in [0.05, 0.1) is 27.9 Å². The molecule has 0 fully saturated rings. The maximum Gasteiger partial charge on any atom is 0.268 e. The zero-order valence-corrected chi connectivity index (χ0v) is 21.6. The second-order valence-corrected chi connectivity index (χ2v) is 10.1. The lowest BCUT2D eigenvalue weighted by Gasteiger charge is -2.17. The van der Waals surface area contributed by atoms with Gasteiger partial charge in [-0.15, -0.1) is 0 Å². The van der Waals surface area contributed by atoms with E-state index in [1.54, 1.807) is 66.7 Å². The number of hydrogen-bond acceptors (Lipinski definition) is 7. The molecule has 0 aliphatic carbocycles. The highest BCUT2D eigenvalue weighted by Gasteiger charge is 2.42. The quantitative estimate of drug-likeness (QED) is 0.475. The van der Waals surface area contributed by atoms with E-state index in [0.29, 0.717) is 39.6 Å². The van der Waals surface area contributed by atoms with Gasteiger partial charge in [0.25, 0.3) is 21.8 Å². The fourth-order valence-electron chi connectivity index (χ4n) is 3.97. The molecule has 9 nitrogen and oxygen atoms in total. The summed E-state index contributed by atoms with van der Waals surface area (Å²) in [5, 5.41) is 2.78. The van der Waals surface area contributed by atoms with Crippen molar-refractivity contribution in [3.8, 4) is 17.2 Å². The minimum absolute atomic E-state index is 0.0233. The molecule has 0 radical (unpaired) electrons. The fraction of sp³-hybridized carbons (Fsp3) is 0.185. The minimum atomic E-state index is -4.06. The van der Waals surface area contributed by atoms with Crippen LogP contribution in [0.5, 0.6) is 17.2 Å². The van der Waals surface area contributed by atoms with E-state index in [0.717, 1.165) is 4.31 Å². The van der Waals surface area contributed by atoms with Gasteiger partial charge in [-0.05, 0) is 54.4 Å². The summed E-state index contributed by atoms with van der Waals surface area (Å²) in [6.45, 7) is 1.34. The van der Waals surface area contributed by atoms with Crippen LogP contribution in [0.2, 0.25) is 0 Å². The van der Waals surface area contributed by atoms with Gasteiger partial charge < -0.3 is 19.5 Å². The number of hydrogen-bond donors (Lipinski definition) is 1. The molecule has 1 N–H and O–H groups in total. The summed E-state index contributed by atoms with van der Waals surface area (Å²) in [6.07, 6.45) is 0. The number of sulfonamides is 1. The van der Waals surface area contributed by atoms with E-state index in [1.165, 1.54) is 28.3 Å². The molecule has 10 heteroatoms. The number of benzene rings is 3. The van der Waals surface area contributed by atoms with Crippen LogP contribution in [0.25, 0.3) is 4.91 Å². The molecule has 0 saturated heterocycles. The van der Waals surface area contributed by atoms with Gasteiger partial charge >= 0.3 is 0 Å². The van der Waals surface area contributed by atoms with Crippen molar-refractivity contribution in [2.75, 3.05) is 26.6 Å². The van der Waals surface area contributed by atoms with Crippen molar-refractivity contribution in [3.05, 3.63) is 89.0 Å². The normalized spacial score (nSPS) is 14.5. The zero-order valence-electron chi connectivity index (χ0n) is 20.8. The van der Waals surface area contributed by atoms with E-state index in [-0.39, 0.29) is 22.9 Å². The highest BCUT2D eigenvalue weighted by Crippen LogP contribution is 2.37. The van der Waals surface area contributed by atoms with Gasteiger partial charge in [-0.1, -0.05) is 12.1 Å². The van der Waals surface area contributed by atoms with Crippen LogP contribution in [0.15, 0.2) is 72.3 Å². The van der Waals surface area contributed by atoms with Crippen molar-refractivity contribution in [2.45, 2.75) is 13.5 Å². The summed E-state index contributed by atoms with van der Waals surface area (Å²) in [6, 6.07) is 17.9. The van der Waals surface area contributed by atoms with E-state index in [1.807, 2.05) is 0 Å². The van der Waals surface area contributed by atoms with E-state index in [4.69, 9.17) is 14.2 Å². The Hall–Kier alpha value is -4.31. The summed E-state index contributed by atoms with van der Waals surface area (Å²) < 4.78 is 43.0. The number of carbonyl (C=O) groups excluding carboxylic acids is 2. The monoisotopic (exact) mass is 522 g/mol. The van der Waals surface area contributed by atoms with E-state index in [2.05, 4.69) is 5.32 Å². The fourth-order valence-corrected chi connectivity index (χ4v) is 5.77. The zero-order chi connectivity index (χ0) is 26.7. The van der Waals surface area contributed by atoms with Crippen molar-refractivity contribution >= 4 is 32.4 Å². The first-order valence-corrected chi connectivity index (χ1v) is 12.7. The van der Waals surface area contributed by atoms with Crippen LogP contribution >= 0.6 is 0 Å². The van der Waals surface area contributed by atoms with Gasteiger partial charge in [0.1, 0.15) is 22.2 Å². The Labute approximate surface area is 215 Å². The smallest absolute Gasteiger partial charge is 0.268 e. The van der Waals surface area contributed by atoms with Gasteiger partial charge in [0, 0.05) is 35.0 Å². The van der Waals surface area contributed by atoms with Gasteiger partial charge in [0.15, 0.2) is 0 Å². The number of nitrogens with one attached hydrogen (secondary N) is 1. The van der Waals surface area contributed by atoms with Crippen molar-refractivity contribution in [2.24, 2.45) is 0 Å². The highest BCUT2D eigenvalue weighted by molar-refractivity contribution is 7.99. The van der Waals surface area contributed by atoms with E-state index >= 15 is 0 Å². The van der Waals surface area contributed by atoms with Crippen molar-refractivity contribution in [3.63, 3.8) is 0 Å². The second kappa shape index (κ2) is 10.4. The van der Waals surface area contributed by atoms with Gasteiger partial charge in [-0.2, -0.15) is 0 Å². The number of carbonyl (C=O) groups is 2. The van der Waals surface area contributed by atoms with Crippen molar-refractivity contribution < 1.29 is 32.2 Å². The molecular formula is C27H26N2O7S. The number of rotatable bonds is 8. The lowest BCUT2D eigenvalue weighted by Crippen LogP contribution is -2.30. The summed E-state index contributed by atoms with van der Waals surface area (Å²) in [5.41, 5.74) is 1.96. The number of amides is 2. The molecule has 2 amide bonds. The molecule has 0 bridgehead atoms. The molecule has 0 aromatic heterocycles. The van der Waals surface area contributed by atoms with Crippen LogP contribution in [0, 0.1) is 0 Å². The first kappa shape index (κ1) is 25.8. The Balaban J connectivity index is 1.50. The lowest BCUT2D eigenvalue weighted by molar-refractivity contribution is -0.122. The molecule has 0 atom stereocenters. The summed E-state index contributed by atoms with van der Waals surface area (Å²) in [5.74, 6) is 0.680. The van der Waals surface area contributed by atoms with Gasteiger partial charge in [-0.3, -0.25) is 9.59 Å². The maximum absolute atomic E-state index is 13.3. The topological polar surface area (TPSA) is 111 Å². The van der Waals surface area contributed by atoms with Crippen LogP contribution in [0.4, 0.5) is 5.69 Å². The highest BCUT2D eigenvalue weighted by atomic mass is 32.2. The molecular weight excluding hydrogens is 496 g/mol. The molecule has 3 aromatic rings. The van der Waals surface area contributed by atoms with Gasteiger partial charge in [-0.25, -0.2) is 12.7 Å². The number of methoxy groups -OCH3 is 3. The lowest BCUT2D eigenvalue weighted by atomic mass is 10.1. The van der Waals surface area contributed by atoms with E-state index in [9.17, 15) is 18.0 Å². The van der Waals surface area contributed by atoms with Crippen molar-refractivity contribution in [1.82, 2.24) is 4.31 Å². The molecule has 1 aliphatic rings. The molecule has 0 saturated carbocycles. The molecule has 37 heavy (non-hydrogen) atoms. The first-order chi connectivity index (χ1) is 17.7.